The van der Waals surface area contributed by atoms with Crippen molar-refractivity contribution in [2.24, 2.45) is 0 Å². The van der Waals surface area contributed by atoms with Crippen LogP contribution in [0.5, 0.6) is 11.5 Å². The number of ether oxygens (including phenoxy) is 2. The topological polar surface area (TPSA) is 71.1 Å². The molecule has 1 saturated heterocycles. The van der Waals surface area contributed by atoms with Gasteiger partial charge in [0, 0.05) is 43.9 Å². The lowest BCUT2D eigenvalue weighted by Crippen LogP contribution is -2.30. The minimum atomic E-state index is -0.0643. The Morgan fingerprint density at radius 1 is 1.00 bits per heavy atom. The number of nitrogens with one attached hydrogen (secondary N) is 1. The van der Waals surface area contributed by atoms with Gasteiger partial charge in [-0.1, -0.05) is 12.1 Å². The van der Waals surface area contributed by atoms with Crippen LogP contribution in [0, 0.1) is 0 Å². The second kappa shape index (κ2) is 6.44. The average Bonchev–Trinajstić information content (AvgIpc) is 3.05. The number of hydrogen-bond acceptors (Lipinski definition) is 4. The SMILES string of the molecule is CN1CCN(c2ccc3c(c2)NC(=O)CC3c2ccc3c(c2)OCCO3)C1=O. The fraction of sp³-hybridized carbons (Fsp3) is 0.333. The van der Waals surface area contributed by atoms with Crippen LogP contribution in [0.25, 0.3) is 0 Å². The van der Waals surface area contributed by atoms with Gasteiger partial charge in [-0.2, -0.15) is 0 Å². The molecule has 2 aromatic rings. The van der Waals surface area contributed by atoms with Gasteiger partial charge in [0.2, 0.25) is 5.91 Å². The normalized spacial score (nSPS) is 20.8. The van der Waals surface area contributed by atoms with Crippen LogP contribution in [0.1, 0.15) is 23.5 Å². The fourth-order valence-electron chi connectivity index (χ4n) is 4.08. The van der Waals surface area contributed by atoms with Crippen molar-refractivity contribution in [1.29, 1.82) is 0 Å². The predicted octanol–water partition coefficient (Wildman–Crippen LogP) is 2.80. The van der Waals surface area contributed by atoms with Crippen molar-refractivity contribution in [3.63, 3.8) is 0 Å². The molecule has 0 saturated carbocycles. The fourth-order valence-corrected chi connectivity index (χ4v) is 4.08. The minimum absolute atomic E-state index is 0.0227. The first kappa shape index (κ1) is 16.9. The molecule has 2 aromatic carbocycles. The van der Waals surface area contributed by atoms with E-state index in [0.29, 0.717) is 32.7 Å². The molecule has 0 spiro atoms. The molecule has 3 aliphatic rings. The Labute approximate surface area is 162 Å². The summed E-state index contributed by atoms with van der Waals surface area (Å²) >= 11 is 0. The molecule has 7 nitrogen and oxygen atoms in total. The van der Waals surface area contributed by atoms with E-state index in [4.69, 9.17) is 9.47 Å². The Morgan fingerprint density at radius 2 is 1.82 bits per heavy atom. The molecule has 0 aliphatic carbocycles. The van der Waals surface area contributed by atoms with Gasteiger partial charge in [0.1, 0.15) is 13.2 Å². The van der Waals surface area contributed by atoms with Gasteiger partial charge in [0.15, 0.2) is 11.5 Å². The quantitative estimate of drug-likeness (QED) is 0.871. The summed E-state index contributed by atoms with van der Waals surface area (Å²) in [5.41, 5.74) is 3.62. The molecule has 7 heteroatoms. The molecule has 0 radical (unpaired) electrons. The molecule has 1 N–H and O–H groups in total. The summed E-state index contributed by atoms with van der Waals surface area (Å²) in [6.07, 6.45) is 0.372. The smallest absolute Gasteiger partial charge is 0.324 e. The van der Waals surface area contributed by atoms with E-state index in [1.807, 2.05) is 36.4 Å². The highest BCUT2D eigenvalue weighted by molar-refractivity contribution is 5.98. The Bertz CT molecular complexity index is 974. The van der Waals surface area contributed by atoms with Gasteiger partial charge >= 0.3 is 6.03 Å². The van der Waals surface area contributed by atoms with E-state index >= 15 is 0 Å². The lowest BCUT2D eigenvalue weighted by molar-refractivity contribution is -0.116. The predicted molar refractivity (Wildman–Crippen MR) is 104 cm³/mol. The second-order valence-corrected chi connectivity index (χ2v) is 7.34. The maximum Gasteiger partial charge on any atom is 0.324 e. The van der Waals surface area contributed by atoms with Gasteiger partial charge in [-0.15, -0.1) is 0 Å². The monoisotopic (exact) mass is 379 g/mol. The number of likely N-dealkylation sites (N-methyl/N-ethyl adjacent to an activating group) is 1. The number of amides is 3. The third-order valence-electron chi connectivity index (χ3n) is 5.57. The number of fused-ring (bicyclic) bond motifs is 2. The van der Waals surface area contributed by atoms with E-state index in [9.17, 15) is 9.59 Å². The summed E-state index contributed by atoms with van der Waals surface area (Å²) in [7, 11) is 1.79. The lowest BCUT2D eigenvalue weighted by atomic mass is 9.84. The van der Waals surface area contributed by atoms with Crippen LogP contribution in [-0.4, -0.2) is 50.2 Å². The molecule has 1 atom stereocenters. The van der Waals surface area contributed by atoms with Crippen molar-refractivity contribution in [3.8, 4) is 11.5 Å². The summed E-state index contributed by atoms with van der Waals surface area (Å²) in [5.74, 6) is 1.36. The molecular formula is C21H21N3O4. The van der Waals surface area contributed by atoms with Crippen LogP contribution in [0.3, 0.4) is 0 Å². The third-order valence-corrected chi connectivity index (χ3v) is 5.57. The van der Waals surface area contributed by atoms with Crippen molar-refractivity contribution in [2.75, 3.05) is 43.6 Å². The highest BCUT2D eigenvalue weighted by atomic mass is 16.6. The molecule has 5 rings (SSSR count). The number of urea groups is 1. The molecule has 3 amide bonds. The number of rotatable bonds is 2. The van der Waals surface area contributed by atoms with E-state index in [-0.39, 0.29) is 17.9 Å². The number of anilines is 2. The van der Waals surface area contributed by atoms with Gasteiger partial charge in [0.05, 0.1) is 0 Å². The van der Waals surface area contributed by atoms with E-state index in [0.717, 1.165) is 34.0 Å². The third kappa shape index (κ3) is 2.74. The molecule has 0 bridgehead atoms. The van der Waals surface area contributed by atoms with Gasteiger partial charge in [-0.3, -0.25) is 9.69 Å². The number of carbonyl (C=O) groups is 2. The van der Waals surface area contributed by atoms with Gasteiger partial charge in [-0.25, -0.2) is 4.79 Å². The van der Waals surface area contributed by atoms with Crippen molar-refractivity contribution in [1.82, 2.24) is 4.90 Å². The van der Waals surface area contributed by atoms with Crippen LogP contribution in [-0.2, 0) is 4.79 Å². The lowest BCUT2D eigenvalue weighted by Gasteiger charge is -2.28. The standard InChI is InChI=1S/C21H21N3O4/c1-23-6-7-24(21(23)26)14-3-4-15-16(12-20(25)22-17(15)11-14)13-2-5-18-19(10-13)28-9-8-27-18/h2-5,10-11,16H,6-9,12H2,1H3,(H,22,25). The second-order valence-electron chi connectivity index (χ2n) is 7.34. The summed E-state index contributed by atoms with van der Waals surface area (Å²) in [4.78, 5) is 28.1. The first-order valence-corrected chi connectivity index (χ1v) is 9.46. The zero-order valence-corrected chi connectivity index (χ0v) is 15.6. The number of carbonyl (C=O) groups excluding carboxylic acids is 2. The van der Waals surface area contributed by atoms with E-state index < -0.39 is 0 Å². The van der Waals surface area contributed by atoms with Crippen molar-refractivity contribution < 1.29 is 19.1 Å². The molecule has 3 aliphatic heterocycles. The Balaban J connectivity index is 1.51. The molecule has 1 fully saturated rings. The molecule has 3 heterocycles. The number of benzene rings is 2. The molecule has 1 unspecified atom stereocenters. The molecule has 0 aromatic heterocycles. The van der Waals surface area contributed by atoms with Gasteiger partial charge < -0.3 is 19.7 Å². The summed E-state index contributed by atoms with van der Waals surface area (Å²) in [6, 6.07) is 11.7. The Kier molecular flexibility index (Phi) is 3.89. The highest BCUT2D eigenvalue weighted by Gasteiger charge is 2.31. The van der Waals surface area contributed by atoms with Crippen molar-refractivity contribution >= 4 is 23.3 Å². The van der Waals surface area contributed by atoms with Gasteiger partial charge in [-0.05, 0) is 35.4 Å². The Morgan fingerprint density at radius 3 is 2.61 bits per heavy atom. The number of nitrogens with zero attached hydrogens (tertiary/aromatic N) is 2. The zero-order chi connectivity index (χ0) is 19.3. The van der Waals surface area contributed by atoms with Crippen molar-refractivity contribution in [2.45, 2.75) is 12.3 Å². The van der Waals surface area contributed by atoms with Crippen LogP contribution < -0.4 is 19.7 Å². The molecule has 144 valence electrons. The van der Waals surface area contributed by atoms with Gasteiger partial charge in [0.25, 0.3) is 0 Å². The largest absolute Gasteiger partial charge is 0.486 e. The summed E-state index contributed by atoms with van der Waals surface area (Å²) in [6.45, 7) is 2.42. The molecule has 28 heavy (non-hydrogen) atoms. The van der Waals surface area contributed by atoms with E-state index in [1.54, 1.807) is 16.8 Å². The highest BCUT2D eigenvalue weighted by Crippen LogP contribution is 2.42. The Hall–Kier alpha value is -3.22. The summed E-state index contributed by atoms with van der Waals surface area (Å²) in [5, 5.41) is 2.97. The summed E-state index contributed by atoms with van der Waals surface area (Å²) < 4.78 is 11.3. The number of hydrogen-bond donors (Lipinski definition) is 1. The molecular weight excluding hydrogens is 358 g/mol. The van der Waals surface area contributed by atoms with Crippen LogP contribution in [0.4, 0.5) is 16.2 Å². The van der Waals surface area contributed by atoms with E-state index in [2.05, 4.69) is 5.32 Å². The van der Waals surface area contributed by atoms with Crippen LogP contribution >= 0.6 is 0 Å². The first-order chi connectivity index (χ1) is 13.6. The minimum Gasteiger partial charge on any atom is -0.486 e. The van der Waals surface area contributed by atoms with Crippen LogP contribution in [0.15, 0.2) is 36.4 Å². The zero-order valence-electron chi connectivity index (χ0n) is 15.6. The maximum absolute atomic E-state index is 12.4. The first-order valence-electron chi connectivity index (χ1n) is 9.46. The van der Waals surface area contributed by atoms with E-state index in [1.165, 1.54) is 0 Å². The average molecular weight is 379 g/mol. The van der Waals surface area contributed by atoms with Crippen molar-refractivity contribution in [3.05, 3.63) is 47.5 Å². The maximum atomic E-state index is 12.4. The van der Waals surface area contributed by atoms with Crippen LogP contribution in [0.2, 0.25) is 0 Å².